The first-order chi connectivity index (χ1) is 17.8. The van der Waals surface area contributed by atoms with Gasteiger partial charge in [-0.25, -0.2) is 4.39 Å². The molecule has 1 aliphatic carbocycles. The van der Waals surface area contributed by atoms with Gasteiger partial charge in [-0.2, -0.15) is 0 Å². The summed E-state index contributed by atoms with van der Waals surface area (Å²) in [6.45, 7) is 5.56. The lowest BCUT2D eigenvalue weighted by molar-refractivity contribution is -0.151. The van der Waals surface area contributed by atoms with E-state index < -0.39 is 23.8 Å². The number of hydrogen-bond donors (Lipinski definition) is 2. The van der Waals surface area contributed by atoms with Crippen LogP contribution in [0.15, 0.2) is 42.5 Å². The van der Waals surface area contributed by atoms with Crippen molar-refractivity contribution in [1.29, 1.82) is 0 Å². The van der Waals surface area contributed by atoms with Gasteiger partial charge in [0.1, 0.15) is 24.4 Å². The molecule has 0 radical (unpaired) electrons. The molecule has 196 valence electrons. The third-order valence-electron chi connectivity index (χ3n) is 7.36. The summed E-state index contributed by atoms with van der Waals surface area (Å²) < 4.78 is 20.7. The summed E-state index contributed by atoms with van der Waals surface area (Å²) in [7, 11) is 0. The van der Waals surface area contributed by atoms with Crippen LogP contribution < -0.4 is 15.5 Å². The molecule has 3 amide bonds. The van der Waals surface area contributed by atoms with Crippen molar-refractivity contribution in [2.45, 2.75) is 44.8 Å². The second kappa shape index (κ2) is 10.5. The Kier molecular flexibility index (Phi) is 7.15. The number of halogens is 1. The quantitative estimate of drug-likeness (QED) is 0.623. The average Bonchev–Trinajstić information content (AvgIpc) is 3.30. The summed E-state index contributed by atoms with van der Waals surface area (Å²) in [5.41, 5.74) is 3.10. The molecule has 2 saturated heterocycles. The topological polar surface area (TPSA) is 91.0 Å². The van der Waals surface area contributed by atoms with Crippen molar-refractivity contribution in [2.75, 3.05) is 37.7 Å². The molecule has 2 atom stereocenters. The van der Waals surface area contributed by atoms with Crippen molar-refractivity contribution in [2.24, 2.45) is 5.92 Å². The van der Waals surface area contributed by atoms with Gasteiger partial charge in [-0.15, -0.1) is 0 Å². The molecule has 2 aromatic rings. The fourth-order valence-electron chi connectivity index (χ4n) is 5.65. The molecule has 37 heavy (non-hydrogen) atoms. The molecule has 2 N–H and O–H groups in total. The highest BCUT2D eigenvalue weighted by Gasteiger charge is 2.44. The van der Waals surface area contributed by atoms with Gasteiger partial charge in [0, 0.05) is 19.1 Å². The highest BCUT2D eigenvalue weighted by molar-refractivity contribution is 5.98. The predicted octanol–water partition coefficient (Wildman–Crippen LogP) is 1.97. The number of amides is 3. The van der Waals surface area contributed by atoms with Crippen LogP contribution in [0.1, 0.15) is 36.6 Å². The summed E-state index contributed by atoms with van der Waals surface area (Å²) >= 11 is 0. The summed E-state index contributed by atoms with van der Waals surface area (Å²) in [6.07, 6.45) is 1.35. The van der Waals surface area contributed by atoms with E-state index in [1.54, 1.807) is 12.1 Å². The fraction of sp³-hybridized carbons (Fsp3) is 0.464. The maximum Gasteiger partial charge on any atom is 0.247 e. The Morgan fingerprint density at radius 1 is 1.08 bits per heavy atom. The van der Waals surface area contributed by atoms with Gasteiger partial charge in [0.05, 0.1) is 18.9 Å². The highest BCUT2D eigenvalue weighted by atomic mass is 19.1. The summed E-state index contributed by atoms with van der Waals surface area (Å²) in [4.78, 5) is 43.3. The van der Waals surface area contributed by atoms with E-state index in [-0.39, 0.29) is 30.3 Å². The monoisotopic (exact) mass is 508 g/mol. The molecule has 0 aromatic heterocycles. The number of fused-ring (bicyclic) bond motifs is 1. The van der Waals surface area contributed by atoms with E-state index in [4.69, 9.17) is 4.74 Å². The Hall–Kier alpha value is -3.46. The van der Waals surface area contributed by atoms with Crippen LogP contribution in [0.4, 0.5) is 10.1 Å². The van der Waals surface area contributed by atoms with Crippen LogP contribution >= 0.6 is 0 Å². The molecule has 0 saturated carbocycles. The first-order valence-corrected chi connectivity index (χ1v) is 12.9. The molecule has 0 spiro atoms. The third kappa shape index (κ3) is 5.18. The van der Waals surface area contributed by atoms with Gasteiger partial charge in [0.2, 0.25) is 17.7 Å². The predicted molar refractivity (Wildman–Crippen MR) is 136 cm³/mol. The van der Waals surface area contributed by atoms with Crippen LogP contribution in [0.3, 0.4) is 0 Å². The standard InChI is InChI=1S/C28H33FN4O4/c1-17(2)30-27(35)26(20-7-8-23(22(29)15-20)32-9-11-37-12-10-32)33-16-24(34)31-25(28(33)36)21-13-18-5-3-4-6-19(18)14-21/h3-8,15,17,21,25-26H,9-14,16H2,1-2H3,(H,30,35)(H,31,34)/t25-,26-/m1/s1. The first-order valence-electron chi connectivity index (χ1n) is 12.9. The molecule has 8 nitrogen and oxygen atoms in total. The molecule has 5 rings (SSSR count). The van der Waals surface area contributed by atoms with Gasteiger partial charge in [-0.3, -0.25) is 14.4 Å². The fourth-order valence-corrected chi connectivity index (χ4v) is 5.65. The largest absolute Gasteiger partial charge is 0.378 e. The van der Waals surface area contributed by atoms with Crippen LogP contribution in [0.5, 0.6) is 0 Å². The van der Waals surface area contributed by atoms with Gasteiger partial charge in [0.25, 0.3) is 0 Å². The van der Waals surface area contributed by atoms with E-state index in [0.717, 1.165) is 0 Å². The van der Waals surface area contributed by atoms with E-state index in [0.29, 0.717) is 50.4 Å². The number of carbonyl (C=O) groups excluding carboxylic acids is 3. The molecule has 2 heterocycles. The van der Waals surface area contributed by atoms with E-state index in [2.05, 4.69) is 10.6 Å². The number of anilines is 1. The van der Waals surface area contributed by atoms with Crippen LogP contribution in [0, 0.1) is 11.7 Å². The highest BCUT2D eigenvalue weighted by Crippen LogP contribution is 2.33. The Balaban J connectivity index is 1.45. The lowest BCUT2D eigenvalue weighted by Crippen LogP contribution is -2.62. The van der Waals surface area contributed by atoms with Gasteiger partial charge in [-0.1, -0.05) is 30.3 Å². The van der Waals surface area contributed by atoms with E-state index >= 15 is 4.39 Å². The zero-order valence-corrected chi connectivity index (χ0v) is 21.2. The summed E-state index contributed by atoms with van der Waals surface area (Å²) in [5.74, 6) is -1.67. The van der Waals surface area contributed by atoms with Crippen molar-refractivity contribution < 1.29 is 23.5 Å². The Bertz CT molecular complexity index is 1170. The second-order valence-electron chi connectivity index (χ2n) is 10.3. The number of morpholine rings is 1. The average molecular weight is 509 g/mol. The number of rotatable bonds is 6. The van der Waals surface area contributed by atoms with Gasteiger partial charge in [0.15, 0.2) is 0 Å². The Labute approximate surface area is 216 Å². The molecular formula is C28H33FN4O4. The van der Waals surface area contributed by atoms with Crippen LogP contribution in [0.25, 0.3) is 0 Å². The minimum absolute atomic E-state index is 0.106. The smallest absolute Gasteiger partial charge is 0.247 e. The molecule has 2 fully saturated rings. The van der Waals surface area contributed by atoms with E-state index in [1.807, 2.05) is 43.0 Å². The number of piperazine rings is 1. The lowest BCUT2D eigenvalue weighted by Gasteiger charge is -2.39. The number of hydrogen-bond acceptors (Lipinski definition) is 5. The molecule has 2 aromatic carbocycles. The molecular weight excluding hydrogens is 475 g/mol. The van der Waals surface area contributed by atoms with Crippen molar-refractivity contribution in [3.63, 3.8) is 0 Å². The number of ether oxygens (including phenoxy) is 1. The van der Waals surface area contributed by atoms with E-state index in [1.165, 1.54) is 22.1 Å². The zero-order valence-electron chi connectivity index (χ0n) is 21.2. The van der Waals surface area contributed by atoms with E-state index in [9.17, 15) is 14.4 Å². The normalized spacial score (nSPS) is 21.1. The molecule has 3 aliphatic rings. The van der Waals surface area contributed by atoms with Crippen molar-refractivity contribution in [3.05, 3.63) is 65.0 Å². The number of nitrogens with one attached hydrogen (secondary N) is 2. The molecule has 2 aliphatic heterocycles. The van der Waals surface area contributed by atoms with Crippen molar-refractivity contribution >= 4 is 23.4 Å². The van der Waals surface area contributed by atoms with Gasteiger partial charge in [-0.05, 0) is 61.4 Å². The molecule has 0 bridgehead atoms. The Morgan fingerprint density at radius 2 is 1.76 bits per heavy atom. The lowest BCUT2D eigenvalue weighted by atomic mass is 9.92. The van der Waals surface area contributed by atoms with Crippen LogP contribution in [-0.2, 0) is 32.0 Å². The maximum atomic E-state index is 15.3. The minimum atomic E-state index is -1.12. The summed E-state index contributed by atoms with van der Waals surface area (Å²) in [6, 6.07) is 10.6. The SMILES string of the molecule is CC(C)NC(=O)[C@@H](c1ccc(N2CCOCC2)c(F)c1)N1CC(=O)N[C@H](C2Cc3ccccc3C2)C1=O. The van der Waals surface area contributed by atoms with Crippen LogP contribution in [-0.4, -0.2) is 67.6 Å². The van der Waals surface area contributed by atoms with Crippen molar-refractivity contribution in [1.82, 2.24) is 15.5 Å². The minimum Gasteiger partial charge on any atom is -0.378 e. The van der Waals surface area contributed by atoms with Gasteiger partial charge < -0.3 is 25.2 Å². The first kappa shape index (κ1) is 25.2. The summed E-state index contributed by atoms with van der Waals surface area (Å²) in [5, 5.41) is 5.72. The van der Waals surface area contributed by atoms with Crippen LogP contribution in [0.2, 0.25) is 0 Å². The Morgan fingerprint density at radius 3 is 2.38 bits per heavy atom. The third-order valence-corrected chi connectivity index (χ3v) is 7.36. The zero-order chi connectivity index (χ0) is 26.1. The molecule has 9 heteroatoms. The number of carbonyl (C=O) groups is 3. The van der Waals surface area contributed by atoms with Crippen molar-refractivity contribution in [3.8, 4) is 0 Å². The maximum absolute atomic E-state index is 15.3. The number of nitrogens with zero attached hydrogens (tertiary/aromatic N) is 2. The number of benzene rings is 2. The van der Waals surface area contributed by atoms with Gasteiger partial charge >= 0.3 is 0 Å². The molecule has 0 unspecified atom stereocenters. The second-order valence-corrected chi connectivity index (χ2v) is 10.3.